The highest BCUT2D eigenvalue weighted by Gasteiger charge is 2.29. The molecule has 0 bridgehead atoms. The molecule has 0 saturated carbocycles. The van der Waals surface area contributed by atoms with E-state index in [9.17, 15) is 14.4 Å². The van der Waals surface area contributed by atoms with Crippen molar-refractivity contribution in [3.05, 3.63) is 0 Å². The number of imide groups is 1. The zero-order valence-electron chi connectivity index (χ0n) is 6.16. The van der Waals surface area contributed by atoms with E-state index in [4.69, 9.17) is 5.11 Å². The van der Waals surface area contributed by atoms with Crippen LogP contribution in [0.1, 0.15) is 12.8 Å². The van der Waals surface area contributed by atoms with Gasteiger partial charge in [-0.2, -0.15) is 0 Å². The fourth-order valence-corrected chi connectivity index (χ4v) is 0.930. The van der Waals surface area contributed by atoms with Gasteiger partial charge in [-0.25, -0.2) is 4.79 Å². The van der Waals surface area contributed by atoms with Crippen LogP contribution in [-0.2, 0) is 9.59 Å². The molecule has 1 unspecified atom stereocenters. The highest BCUT2D eigenvalue weighted by molar-refractivity contribution is 6.04. The van der Waals surface area contributed by atoms with Crippen molar-refractivity contribution in [1.82, 2.24) is 10.6 Å². The summed E-state index contributed by atoms with van der Waals surface area (Å²) in [6, 6.07) is -1.25. The highest BCUT2D eigenvalue weighted by Crippen LogP contribution is 2.01. The largest absolute Gasteiger partial charge is 0.481 e. The van der Waals surface area contributed by atoms with Crippen LogP contribution in [0, 0.1) is 0 Å². The molecule has 0 spiro atoms. The summed E-state index contributed by atoms with van der Waals surface area (Å²) in [7, 11) is 0. The minimum absolute atomic E-state index is 0.127. The fraction of sp³-hybridized carbons (Fsp3) is 0.500. The van der Waals surface area contributed by atoms with Gasteiger partial charge in [0, 0.05) is 6.42 Å². The number of hydrogen-bond acceptors (Lipinski definition) is 3. The summed E-state index contributed by atoms with van der Waals surface area (Å²) in [4.78, 5) is 31.4. The number of aliphatic carboxylic acids is 1. The lowest BCUT2D eigenvalue weighted by atomic mass is 10.1. The summed E-state index contributed by atoms with van der Waals surface area (Å²) in [6.45, 7) is 0. The molecule has 1 heterocycles. The Hall–Kier alpha value is -1.59. The Morgan fingerprint density at radius 1 is 1.50 bits per heavy atom. The zero-order chi connectivity index (χ0) is 9.14. The SMILES string of the molecule is O=C(O)CCC1NC(=O)NC1=O. The number of nitrogens with one attached hydrogen (secondary N) is 2. The summed E-state index contributed by atoms with van der Waals surface area (Å²) < 4.78 is 0. The molecule has 0 aromatic heterocycles. The second kappa shape index (κ2) is 3.21. The first-order chi connectivity index (χ1) is 5.59. The van der Waals surface area contributed by atoms with E-state index in [1.165, 1.54) is 0 Å². The molecule has 3 N–H and O–H groups in total. The third kappa shape index (κ3) is 1.94. The molecule has 1 aliphatic heterocycles. The van der Waals surface area contributed by atoms with Gasteiger partial charge in [-0.15, -0.1) is 0 Å². The van der Waals surface area contributed by atoms with Crippen LogP contribution in [-0.4, -0.2) is 29.1 Å². The second-order valence-corrected chi connectivity index (χ2v) is 2.45. The third-order valence-corrected chi connectivity index (χ3v) is 1.51. The number of carboxylic acid groups (broad SMARTS) is 1. The van der Waals surface area contributed by atoms with Crippen LogP contribution in [0.25, 0.3) is 0 Å². The molecule has 1 fully saturated rings. The number of carbonyl (C=O) groups is 3. The average Bonchev–Trinajstić information content (AvgIpc) is 2.26. The molecule has 1 saturated heterocycles. The highest BCUT2D eigenvalue weighted by atomic mass is 16.4. The molecule has 3 amide bonds. The first-order valence-electron chi connectivity index (χ1n) is 3.43. The predicted molar refractivity (Wildman–Crippen MR) is 37.3 cm³/mol. The molecule has 6 heteroatoms. The molecule has 1 atom stereocenters. The molecular weight excluding hydrogens is 164 g/mol. The number of amides is 3. The van der Waals surface area contributed by atoms with Gasteiger partial charge in [0.1, 0.15) is 6.04 Å². The van der Waals surface area contributed by atoms with Gasteiger partial charge in [0.15, 0.2) is 0 Å². The van der Waals surface area contributed by atoms with E-state index in [2.05, 4.69) is 5.32 Å². The summed E-state index contributed by atoms with van der Waals surface area (Å²) in [5.74, 6) is -1.44. The van der Waals surface area contributed by atoms with Crippen molar-refractivity contribution >= 4 is 17.9 Å². The predicted octanol–water partition coefficient (Wildman–Crippen LogP) is -0.941. The van der Waals surface area contributed by atoms with E-state index in [1.807, 2.05) is 5.32 Å². The summed E-state index contributed by atoms with van der Waals surface area (Å²) in [5, 5.41) is 12.6. The van der Waals surface area contributed by atoms with Crippen LogP contribution in [0.15, 0.2) is 0 Å². The second-order valence-electron chi connectivity index (χ2n) is 2.45. The Balaban J connectivity index is 2.38. The lowest BCUT2D eigenvalue weighted by Gasteiger charge is -2.02. The Morgan fingerprint density at radius 3 is 2.58 bits per heavy atom. The molecule has 0 aliphatic carbocycles. The number of rotatable bonds is 3. The Labute approximate surface area is 67.9 Å². The van der Waals surface area contributed by atoms with Crippen LogP contribution >= 0.6 is 0 Å². The molecular formula is C6H8N2O4. The van der Waals surface area contributed by atoms with Gasteiger partial charge in [0.2, 0.25) is 0 Å². The van der Waals surface area contributed by atoms with Crippen LogP contribution in [0.4, 0.5) is 4.79 Å². The van der Waals surface area contributed by atoms with Crippen molar-refractivity contribution in [2.24, 2.45) is 0 Å². The molecule has 0 aromatic rings. The smallest absolute Gasteiger partial charge is 0.322 e. The molecule has 6 nitrogen and oxygen atoms in total. The van der Waals surface area contributed by atoms with E-state index in [0.717, 1.165) is 0 Å². The van der Waals surface area contributed by atoms with Gasteiger partial charge in [-0.1, -0.05) is 0 Å². The number of hydrogen-bond donors (Lipinski definition) is 3. The molecule has 1 rings (SSSR count). The van der Waals surface area contributed by atoms with Gasteiger partial charge in [0.25, 0.3) is 5.91 Å². The van der Waals surface area contributed by atoms with Crippen molar-refractivity contribution in [2.75, 3.05) is 0 Å². The van der Waals surface area contributed by atoms with E-state index in [-0.39, 0.29) is 12.8 Å². The van der Waals surface area contributed by atoms with Gasteiger partial charge >= 0.3 is 12.0 Å². The third-order valence-electron chi connectivity index (χ3n) is 1.51. The lowest BCUT2D eigenvalue weighted by molar-refractivity contribution is -0.137. The minimum Gasteiger partial charge on any atom is -0.481 e. The Morgan fingerprint density at radius 2 is 2.17 bits per heavy atom. The monoisotopic (exact) mass is 172 g/mol. The molecule has 0 radical (unpaired) electrons. The lowest BCUT2D eigenvalue weighted by Crippen LogP contribution is -2.29. The first-order valence-corrected chi connectivity index (χ1v) is 3.43. The summed E-state index contributed by atoms with van der Waals surface area (Å²) >= 11 is 0. The van der Waals surface area contributed by atoms with Crippen molar-refractivity contribution in [3.63, 3.8) is 0 Å². The van der Waals surface area contributed by atoms with Crippen LogP contribution < -0.4 is 10.6 Å². The quantitative estimate of drug-likeness (QED) is 0.479. The van der Waals surface area contributed by atoms with Gasteiger partial charge in [0.05, 0.1) is 0 Å². The van der Waals surface area contributed by atoms with E-state index in [0.29, 0.717) is 0 Å². The van der Waals surface area contributed by atoms with Crippen molar-refractivity contribution in [3.8, 4) is 0 Å². The van der Waals surface area contributed by atoms with E-state index < -0.39 is 23.9 Å². The number of carbonyl (C=O) groups excluding carboxylic acids is 2. The van der Waals surface area contributed by atoms with Crippen LogP contribution in [0.5, 0.6) is 0 Å². The minimum atomic E-state index is -0.982. The first kappa shape index (κ1) is 8.51. The van der Waals surface area contributed by atoms with Crippen molar-refractivity contribution in [2.45, 2.75) is 18.9 Å². The maximum atomic E-state index is 10.8. The van der Waals surface area contributed by atoms with E-state index in [1.54, 1.807) is 0 Å². The summed E-state index contributed by atoms with van der Waals surface area (Å²) in [5.41, 5.74) is 0. The fourth-order valence-electron chi connectivity index (χ4n) is 0.930. The maximum absolute atomic E-state index is 10.8. The standard InChI is InChI=1S/C6H8N2O4/c9-4(10)2-1-3-5(11)8-6(12)7-3/h3H,1-2H2,(H,9,10)(H2,7,8,11,12). The number of urea groups is 1. The Bertz CT molecular complexity index is 238. The topological polar surface area (TPSA) is 95.5 Å². The molecule has 0 aromatic carbocycles. The molecule has 1 aliphatic rings. The van der Waals surface area contributed by atoms with Crippen LogP contribution in [0.2, 0.25) is 0 Å². The number of carboxylic acids is 1. The van der Waals surface area contributed by atoms with Crippen molar-refractivity contribution in [1.29, 1.82) is 0 Å². The zero-order valence-corrected chi connectivity index (χ0v) is 6.16. The Kier molecular flexibility index (Phi) is 2.27. The molecule has 66 valence electrons. The van der Waals surface area contributed by atoms with Gasteiger partial charge in [-0.05, 0) is 6.42 Å². The van der Waals surface area contributed by atoms with Gasteiger partial charge in [-0.3, -0.25) is 14.9 Å². The van der Waals surface area contributed by atoms with E-state index >= 15 is 0 Å². The maximum Gasteiger partial charge on any atom is 0.322 e. The van der Waals surface area contributed by atoms with Crippen molar-refractivity contribution < 1.29 is 19.5 Å². The van der Waals surface area contributed by atoms with Crippen LogP contribution in [0.3, 0.4) is 0 Å². The molecule has 12 heavy (non-hydrogen) atoms. The average molecular weight is 172 g/mol. The summed E-state index contributed by atoms with van der Waals surface area (Å²) in [6.07, 6.45) is 0.00523. The normalized spacial score (nSPS) is 21.8. The van der Waals surface area contributed by atoms with Gasteiger partial charge < -0.3 is 10.4 Å².